The normalized spacial score (nSPS) is 10.8. The molecule has 0 radical (unpaired) electrons. The van der Waals surface area contributed by atoms with Crippen molar-refractivity contribution in [2.45, 2.75) is 26.9 Å². The van der Waals surface area contributed by atoms with Crippen LogP contribution in [0.1, 0.15) is 27.3 Å². The Balaban J connectivity index is 1.77. The van der Waals surface area contributed by atoms with Gasteiger partial charge in [-0.3, -0.25) is 19.0 Å². The van der Waals surface area contributed by atoms with Gasteiger partial charge in [0.25, 0.3) is 5.91 Å². The highest BCUT2D eigenvalue weighted by atomic mass is 19.1. The van der Waals surface area contributed by atoms with Crippen molar-refractivity contribution in [3.63, 3.8) is 0 Å². The molecule has 8 nitrogen and oxygen atoms in total. The van der Waals surface area contributed by atoms with Crippen LogP contribution in [0.2, 0.25) is 0 Å². The SMILES string of the molecule is Cc1nn(Cc2cccc(F)c2)c(C)c1NC(=O)c1cnn(CC(=O)O)c1. The Bertz CT molecular complexity index is 1010. The van der Waals surface area contributed by atoms with Gasteiger partial charge in [-0.1, -0.05) is 12.1 Å². The second kappa shape index (κ2) is 7.40. The summed E-state index contributed by atoms with van der Waals surface area (Å²) in [5.74, 6) is -1.78. The first kappa shape index (κ1) is 18.3. The first-order valence-corrected chi connectivity index (χ1v) is 8.17. The molecule has 2 heterocycles. The van der Waals surface area contributed by atoms with Gasteiger partial charge in [-0.25, -0.2) is 4.39 Å². The van der Waals surface area contributed by atoms with Crippen molar-refractivity contribution in [1.82, 2.24) is 19.6 Å². The number of aromatic nitrogens is 4. The number of amides is 1. The van der Waals surface area contributed by atoms with Gasteiger partial charge in [0.15, 0.2) is 0 Å². The maximum atomic E-state index is 13.4. The number of carbonyl (C=O) groups excluding carboxylic acids is 1. The van der Waals surface area contributed by atoms with E-state index in [1.54, 1.807) is 23.7 Å². The molecule has 3 aromatic rings. The molecule has 1 aromatic carbocycles. The van der Waals surface area contributed by atoms with Crippen LogP contribution >= 0.6 is 0 Å². The van der Waals surface area contributed by atoms with Crippen molar-refractivity contribution in [3.05, 3.63) is 65.0 Å². The largest absolute Gasteiger partial charge is 0.480 e. The van der Waals surface area contributed by atoms with Crippen LogP contribution in [0.5, 0.6) is 0 Å². The van der Waals surface area contributed by atoms with E-state index < -0.39 is 11.9 Å². The van der Waals surface area contributed by atoms with E-state index in [-0.39, 0.29) is 17.9 Å². The van der Waals surface area contributed by atoms with Gasteiger partial charge in [-0.15, -0.1) is 0 Å². The number of hydrogen-bond donors (Lipinski definition) is 2. The first-order valence-electron chi connectivity index (χ1n) is 8.17. The number of aliphatic carboxylic acids is 1. The maximum Gasteiger partial charge on any atom is 0.325 e. The van der Waals surface area contributed by atoms with Crippen LogP contribution in [-0.2, 0) is 17.9 Å². The van der Waals surface area contributed by atoms with Gasteiger partial charge < -0.3 is 10.4 Å². The Morgan fingerprint density at radius 2 is 2.07 bits per heavy atom. The molecule has 140 valence electrons. The quantitative estimate of drug-likeness (QED) is 0.692. The molecule has 0 aliphatic carbocycles. The van der Waals surface area contributed by atoms with Gasteiger partial charge in [-0.05, 0) is 31.5 Å². The minimum absolute atomic E-state index is 0.243. The van der Waals surface area contributed by atoms with Crippen LogP contribution in [0.4, 0.5) is 10.1 Å². The van der Waals surface area contributed by atoms with Crippen molar-refractivity contribution < 1.29 is 19.1 Å². The number of anilines is 1. The predicted molar refractivity (Wildman–Crippen MR) is 95.0 cm³/mol. The van der Waals surface area contributed by atoms with Gasteiger partial charge in [0, 0.05) is 6.20 Å². The molecule has 0 aliphatic heterocycles. The van der Waals surface area contributed by atoms with Gasteiger partial charge in [-0.2, -0.15) is 10.2 Å². The highest BCUT2D eigenvalue weighted by molar-refractivity contribution is 6.04. The third kappa shape index (κ3) is 4.20. The highest BCUT2D eigenvalue weighted by Crippen LogP contribution is 2.21. The summed E-state index contributed by atoms with van der Waals surface area (Å²) in [6, 6.07) is 6.24. The third-order valence-corrected chi connectivity index (χ3v) is 4.03. The summed E-state index contributed by atoms with van der Waals surface area (Å²) >= 11 is 0. The Labute approximate surface area is 154 Å². The lowest BCUT2D eigenvalue weighted by atomic mass is 10.2. The number of hydrogen-bond acceptors (Lipinski definition) is 4. The summed E-state index contributed by atoms with van der Waals surface area (Å²) in [7, 11) is 0. The molecule has 0 saturated heterocycles. The topological polar surface area (TPSA) is 102 Å². The molecular weight excluding hydrogens is 353 g/mol. The molecule has 1 amide bonds. The number of nitrogens with zero attached hydrogens (tertiary/aromatic N) is 4. The lowest BCUT2D eigenvalue weighted by Gasteiger charge is -2.07. The van der Waals surface area contributed by atoms with Crippen LogP contribution in [0.25, 0.3) is 0 Å². The summed E-state index contributed by atoms with van der Waals surface area (Å²) in [6.07, 6.45) is 2.67. The minimum Gasteiger partial charge on any atom is -0.480 e. The standard InChI is InChI=1S/C18H18FN5O3/c1-11-17(21-18(27)14-7-20-23(9-14)10-16(25)26)12(2)24(22-11)8-13-4-3-5-15(19)6-13/h3-7,9H,8,10H2,1-2H3,(H,21,27)(H,25,26). The first-order chi connectivity index (χ1) is 12.8. The molecule has 2 aromatic heterocycles. The summed E-state index contributed by atoms with van der Waals surface area (Å²) in [5, 5.41) is 19.8. The molecule has 0 fully saturated rings. The minimum atomic E-state index is -1.05. The average molecular weight is 371 g/mol. The predicted octanol–water partition coefficient (Wildman–Crippen LogP) is 2.22. The molecular formula is C18H18FN5O3. The van der Waals surface area contributed by atoms with E-state index >= 15 is 0 Å². The molecule has 0 saturated carbocycles. The molecule has 0 spiro atoms. The van der Waals surface area contributed by atoms with E-state index in [0.29, 0.717) is 17.9 Å². The van der Waals surface area contributed by atoms with Crippen molar-refractivity contribution in [1.29, 1.82) is 0 Å². The molecule has 0 unspecified atom stereocenters. The fraction of sp³-hybridized carbons (Fsp3) is 0.222. The lowest BCUT2D eigenvalue weighted by molar-refractivity contribution is -0.137. The summed E-state index contributed by atoms with van der Waals surface area (Å²) in [5.41, 5.74) is 2.90. The van der Waals surface area contributed by atoms with Crippen LogP contribution in [0.15, 0.2) is 36.7 Å². The molecule has 9 heteroatoms. The maximum absolute atomic E-state index is 13.4. The Kier molecular flexibility index (Phi) is 5.02. The van der Waals surface area contributed by atoms with Gasteiger partial charge in [0.1, 0.15) is 12.4 Å². The van der Waals surface area contributed by atoms with Crippen LogP contribution in [0, 0.1) is 19.7 Å². The molecule has 2 N–H and O–H groups in total. The number of rotatable bonds is 6. The summed E-state index contributed by atoms with van der Waals surface area (Å²) in [4.78, 5) is 23.1. The Morgan fingerprint density at radius 3 is 2.78 bits per heavy atom. The smallest absolute Gasteiger partial charge is 0.325 e. The van der Waals surface area contributed by atoms with E-state index in [4.69, 9.17) is 5.11 Å². The molecule has 0 atom stereocenters. The second-order valence-corrected chi connectivity index (χ2v) is 6.11. The number of aryl methyl sites for hydroxylation is 1. The van der Waals surface area contributed by atoms with Crippen molar-refractivity contribution >= 4 is 17.6 Å². The van der Waals surface area contributed by atoms with Crippen molar-refractivity contribution in [2.24, 2.45) is 0 Å². The van der Waals surface area contributed by atoms with Crippen LogP contribution in [0.3, 0.4) is 0 Å². The van der Waals surface area contributed by atoms with Crippen LogP contribution < -0.4 is 5.32 Å². The highest BCUT2D eigenvalue weighted by Gasteiger charge is 2.17. The Morgan fingerprint density at radius 1 is 1.30 bits per heavy atom. The van der Waals surface area contributed by atoms with Gasteiger partial charge >= 0.3 is 5.97 Å². The molecule has 3 rings (SSSR count). The average Bonchev–Trinajstić information content (AvgIpc) is 3.15. The summed E-state index contributed by atoms with van der Waals surface area (Å²) < 4.78 is 16.2. The molecule has 27 heavy (non-hydrogen) atoms. The lowest BCUT2D eigenvalue weighted by Crippen LogP contribution is -2.13. The van der Waals surface area contributed by atoms with E-state index in [2.05, 4.69) is 15.5 Å². The van der Waals surface area contributed by atoms with Gasteiger partial charge in [0.2, 0.25) is 0 Å². The van der Waals surface area contributed by atoms with E-state index in [9.17, 15) is 14.0 Å². The number of halogens is 1. The molecule has 0 bridgehead atoms. The zero-order chi connectivity index (χ0) is 19.6. The van der Waals surface area contributed by atoms with Crippen molar-refractivity contribution in [2.75, 3.05) is 5.32 Å². The van der Waals surface area contributed by atoms with E-state index in [1.807, 2.05) is 6.92 Å². The van der Waals surface area contributed by atoms with E-state index in [1.165, 1.54) is 29.2 Å². The van der Waals surface area contributed by atoms with Crippen molar-refractivity contribution in [3.8, 4) is 0 Å². The number of nitrogens with one attached hydrogen (secondary N) is 1. The monoisotopic (exact) mass is 371 g/mol. The second-order valence-electron chi connectivity index (χ2n) is 6.11. The third-order valence-electron chi connectivity index (χ3n) is 4.03. The fourth-order valence-electron chi connectivity index (χ4n) is 2.73. The summed E-state index contributed by atoms with van der Waals surface area (Å²) in [6.45, 7) is 3.62. The van der Waals surface area contributed by atoms with E-state index in [0.717, 1.165) is 11.3 Å². The fourth-order valence-corrected chi connectivity index (χ4v) is 2.73. The van der Waals surface area contributed by atoms with Gasteiger partial charge in [0.05, 0.1) is 35.4 Å². The molecule has 0 aliphatic rings. The number of carboxylic acids is 1. The Hall–Kier alpha value is -3.49. The zero-order valence-corrected chi connectivity index (χ0v) is 14.8. The number of carbonyl (C=O) groups is 2. The number of carboxylic acid groups (broad SMARTS) is 1. The van der Waals surface area contributed by atoms with Crippen LogP contribution in [-0.4, -0.2) is 36.5 Å². The zero-order valence-electron chi connectivity index (χ0n) is 14.8. The number of benzene rings is 1.